The van der Waals surface area contributed by atoms with Gasteiger partial charge in [0.05, 0.1) is 13.2 Å². The normalized spacial score (nSPS) is 11.8. The molecule has 2 N–H and O–H groups in total. The Labute approximate surface area is 138 Å². The van der Waals surface area contributed by atoms with E-state index in [0.717, 1.165) is 44.3 Å². The molecule has 0 saturated heterocycles. The third-order valence-electron chi connectivity index (χ3n) is 3.45. The molecule has 0 fully saturated rings. The second kappa shape index (κ2) is 11.0. The molecule has 1 aromatic rings. The number of halogens is 1. The van der Waals surface area contributed by atoms with Gasteiger partial charge in [-0.1, -0.05) is 12.1 Å². The number of likely N-dealkylation sites (N-methyl/N-ethyl adjacent to an activating group) is 1. The van der Waals surface area contributed by atoms with Crippen molar-refractivity contribution in [1.82, 2.24) is 15.5 Å². The fraction of sp³-hybridized carbons (Fsp3) is 0.588. The van der Waals surface area contributed by atoms with Crippen molar-refractivity contribution in [2.24, 2.45) is 4.99 Å². The van der Waals surface area contributed by atoms with Gasteiger partial charge in [0.25, 0.3) is 0 Å². The molecule has 6 heteroatoms. The Morgan fingerprint density at radius 1 is 1.30 bits per heavy atom. The van der Waals surface area contributed by atoms with E-state index in [0.29, 0.717) is 12.1 Å². The average Bonchev–Trinajstić information content (AvgIpc) is 2.53. The number of nitrogens with one attached hydrogen (secondary N) is 2. The molecule has 0 radical (unpaired) electrons. The quantitative estimate of drug-likeness (QED) is 0.537. The van der Waals surface area contributed by atoms with Crippen LogP contribution in [0.3, 0.4) is 0 Å². The fourth-order valence-electron chi connectivity index (χ4n) is 2.04. The molecule has 0 unspecified atom stereocenters. The highest BCUT2D eigenvalue weighted by Gasteiger charge is 2.02. The van der Waals surface area contributed by atoms with Crippen molar-refractivity contribution in [3.8, 4) is 0 Å². The van der Waals surface area contributed by atoms with Gasteiger partial charge in [-0.25, -0.2) is 9.38 Å². The number of hydrogen-bond donors (Lipinski definition) is 2. The number of ether oxygens (including phenoxy) is 1. The van der Waals surface area contributed by atoms with E-state index in [4.69, 9.17) is 4.74 Å². The zero-order valence-corrected chi connectivity index (χ0v) is 14.7. The second-order valence-electron chi connectivity index (χ2n) is 5.50. The molecule has 0 saturated carbocycles. The molecule has 0 aliphatic heterocycles. The molecule has 0 atom stereocenters. The molecule has 23 heavy (non-hydrogen) atoms. The lowest BCUT2D eigenvalue weighted by molar-refractivity contribution is 0.162. The molecule has 0 aliphatic rings. The first kappa shape index (κ1) is 19.4. The summed E-state index contributed by atoms with van der Waals surface area (Å²) in [5, 5.41) is 6.52. The molecule has 5 nitrogen and oxygen atoms in total. The monoisotopic (exact) mass is 324 g/mol. The van der Waals surface area contributed by atoms with E-state index in [9.17, 15) is 4.39 Å². The summed E-state index contributed by atoms with van der Waals surface area (Å²) in [6.07, 6.45) is 0. The molecule has 0 aromatic heterocycles. The van der Waals surface area contributed by atoms with Gasteiger partial charge in [0.15, 0.2) is 5.96 Å². The molecular weight excluding hydrogens is 295 g/mol. The first-order valence-corrected chi connectivity index (χ1v) is 8.01. The van der Waals surface area contributed by atoms with Gasteiger partial charge in [-0.2, -0.15) is 0 Å². The summed E-state index contributed by atoms with van der Waals surface area (Å²) in [5.74, 6) is 0.594. The lowest BCUT2D eigenvalue weighted by atomic mass is 10.1. The Balaban J connectivity index is 2.47. The van der Waals surface area contributed by atoms with Crippen LogP contribution in [0.15, 0.2) is 23.2 Å². The van der Waals surface area contributed by atoms with E-state index in [-0.39, 0.29) is 5.82 Å². The molecule has 1 aromatic carbocycles. The summed E-state index contributed by atoms with van der Waals surface area (Å²) < 4.78 is 18.3. The fourth-order valence-corrected chi connectivity index (χ4v) is 2.04. The highest BCUT2D eigenvalue weighted by molar-refractivity contribution is 5.79. The van der Waals surface area contributed by atoms with Gasteiger partial charge in [-0.3, -0.25) is 0 Å². The van der Waals surface area contributed by atoms with Crippen LogP contribution in [-0.4, -0.2) is 57.8 Å². The minimum Gasteiger partial charge on any atom is -0.383 e. The summed E-state index contributed by atoms with van der Waals surface area (Å²) in [6, 6.07) is 5.10. The molecule has 1 rings (SSSR count). The number of benzene rings is 1. The zero-order chi connectivity index (χ0) is 17.1. The van der Waals surface area contributed by atoms with Crippen LogP contribution in [0.4, 0.5) is 4.39 Å². The maximum absolute atomic E-state index is 13.3. The number of methoxy groups -OCH3 is 1. The third kappa shape index (κ3) is 7.95. The van der Waals surface area contributed by atoms with Crippen molar-refractivity contribution in [2.75, 3.05) is 46.9 Å². The van der Waals surface area contributed by atoms with Crippen LogP contribution < -0.4 is 10.6 Å². The Morgan fingerprint density at radius 3 is 2.74 bits per heavy atom. The molecule has 0 aliphatic carbocycles. The van der Waals surface area contributed by atoms with Crippen LogP contribution in [0.25, 0.3) is 0 Å². The maximum Gasteiger partial charge on any atom is 0.191 e. The van der Waals surface area contributed by atoms with Gasteiger partial charge < -0.3 is 20.3 Å². The van der Waals surface area contributed by atoms with Crippen LogP contribution in [0.2, 0.25) is 0 Å². The highest BCUT2D eigenvalue weighted by atomic mass is 19.1. The van der Waals surface area contributed by atoms with Crippen LogP contribution in [0.5, 0.6) is 0 Å². The van der Waals surface area contributed by atoms with Gasteiger partial charge in [0, 0.05) is 33.3 Å². The van der Waals surface area contributed by atoms with Crippen molar-refractivity contribution in [3.63, 3.8) is 0 Å². The van der Waals surface area contributed by atoms with Crippen molar-refractivity contribution in [1.29, 1.82) is 0 Å². The van der Waals surface area contributed by atoms with Crippen LogP contribution in [0, 0.1) is 12.7 Å². The molecule has 0 bridgehead atoms. The minimum absolute atomic E-state index is 0.179. The number of guanidine groups is 1. The van der Waals surface area contributed by atoms with Crippen LogP contribution in [0.1, 0.15) is 18.1 Å². The van der Waals surface area contributed by atoms with E-state index < -0.39 is 0 Å². The van der Waals surface area contributed by atoms with E-state index in [1.807, 2.05) is 13.0 Å². The number of rotatable bonds is 9. The Bertz CT molecular complexity index is 493. The average molecular weight is 324 g/mol. The molecule has 0 spiro atoms. The Hall–Kier alpha value is -1.66. The van der Waals surface area contributed by atoms with Gasteiger partial charge in [-0.15, -0.1) is 0 Å². The minimum atomic E-state index is -0.179. The lowest BCUT2D eigenvalue weighted by Crippen LogP contribution is -2.41. The summed E-state index contributed by atoms with van der Waals surface area (Å²) >= 11 is 0. The van der Waals surface area contributed by atoms with Gasteiger partial charge >= 0.3 is 0 Å². The molecule has 0 heterocycles. The van der Waals surface area contributed by atoms with Crippen molar-refractivity contribution in [2.45, 2.75) is 20.4 Å². The second-order valence-corrected chi connectivity index (χ2v) is 5.50. The Kier molecular flexibility index (Phi) is 9.24. The SMILES string of the molecule is CCNC(=NCc1ccc(F)c(C)c1)NCCN(C)CCOC. The van der Waals surface area contributed by atoms with Gasteiger partial charge in [-0.05, 0) is 38.1 Å². The van der Waals surface area contributed by atoms with Crippen LogP contribution in [-0.2, 0) is 11.3 Å². The summed E-state index contributed by atoms with van der Waals surface area (Å²) in [7, 11) is 3.77. The van der Waals surface area contributed by atoms with E-state index >= 15 is 0 Å². The first-order valence-electron chi connectivity index (χ1n) is 8.01. The van der Waals surface area contributed by atoms with E-state index in [1.54, 1.807) is 20.1 Å². The number of aliphatic imine (C=N–C) groups is 1. The van der Waals surface area contributed by atoms with Gasteiger partial charge in [0.2, 0.25) is 0 Å². The lowest BCUT2D eigenvalue weighted by Gasteiger charge is -2.17. The molecular formula is C17H29FN4O. The zero-order valence-electron chi connectivity index (χ0n) is 14.7. The number of nitrogens with zero attached hydrogens (tertiary/aromatic N) is 2. The summed E-state index contributed by atoms with van der Waals surface area (Å²) in [4.78, 5) is 6.74. The largest absolute Gasteiger partial charge is 0.383 e. The smallest absolute Gasteiger partial charge is 0.191 e. The molecule has 0 amide bonds. The maximum atomic E-state index is 13.3. The highest BCUT2D eigenvalue weighted by Crippen LogP contribution is 2.09. The predicted octanol–water partition coefficient (Wildman–Crippen LogP) is 1.77. The van der Waals surface area contributed by atoms with Gasteiger partial charge in [0.1, 0.15) is 5.82 Å². The number of hydrogen-bond acceptors (Lipinski definition) is 3. The van der Waals surface area contributed by atoms with Crippen molar-refractivity contribution < 1.29 is 9.13 Å². The summed E-state index contributed by atoms with van der Waals surface area (Å²) in [6.45, 7) is 8.46. The molecule has 130 valence electrons. The summed E-state index contributed by atoms with van der Waals surface area (Å²) in [5.41, 5.74) is 1.65. The Morgan fingerprint density at radius 2 is 2.09 bits per heavy atom. The standard InChI is InChI=1S/C17H29FN4O/c1-5-19-17(20-8-9-22(3)10-11-23-4)21-13-15-6-7-16(18)14(2)12-15/h6-7,12H,5,8-11,13H2,1-4H3,(H2,19,20,21). The topological polar surface area (TPSA) is 48.9 Å². The van der Waals surface area contributed by atoms with E-state index in [1.165, 1.54) is 6.07 Å². The predicted molar refractivity (Wildman–Crippen MR) is 93.3 cm³/mol. The number of aryl methyl sites for hydroxylation is 1. The van der Waals surface area contributed by atoms with Crippen LogP contribution >= 0.6 is 0 Å². The van der Waals surface area contributed by atoms with Crippen molar-refractivity contribution >= 4 is 5.96 Å². The third-order valence-corrected chi connectivity index (χ3v) is 3.45. The first-order chi connectivity index (χ1) is 11.1. The van der Waals surface area contributed by atoms with E-state index in [2.05, 4.69) is 27.6 Å². The van der Waals surface area contributed by atoms with Crippen molar-refractivity contribution in [3.05, 3.63) is 35.1 Å².